The summed E-state index contributed by atoms with van der Waals surface area (Å²) in [6.45, 7) is 5.19. The second-order valence-electron chi connectivity index (χ2n) is 5.76. The normalized spacial score (nSPS) is 24.1. The Kier molecular flexibility index (Phi) is 5.79. The minimum absolute atomic E-state index is 0.0213. The number of nitrogens with one attached hydrogen (secondary N) is 1. The third-order valence-electron chi connectivity index (χ3n) is 4.01. The van der Waals surface area contributed by atoms with Crippen molar-refractivity contribution >= 4 is 9.84 Å². The average molecular weight is 311 g/mol. The van der Waals surface area contributed by atoms with E-state index in [-0.39, 0.29) is 23.7 Å². The van der Waals surface area contributed by atoms with Gasteiger partial charge in [-0.1, -0.05) is 37.3 Å². The number of ether oxygens (including phenoxy) is 1. The summed E-state index contributed by atoms with van der Waals surface area (Å²) in [4.78, 5) is 0. The molecule has 118 valence electrons. The van der Waals surface area contributed by atoms with Crippen LogP contribution in [0, 0.1) is 5.92 Å². The SMILES string of the molecule is CCS(=O)(=O)C[C@H](C)NC[C@H]1CCO[C@@H]1c1ccccc1. The lowest BCUT2D eigenvalue weighted by atomic mass is 9.95. The molecule has 1 aliphatic rings. The van der Waals surface area contributed by atoms with E-state index in [1.807, 2.05) is 25.1 Å². The Morgan fingerprint density at radius 1 is 1.33 bits per heavy atom. The Labute approximate surface area is 127 Å². The van der Waals surface area contributed by atoms with E-state index in [0.717, 1.165) is 19.6 Å². The number of rotatable bonds is 7. The Hall–Kier alpha value is -0.910. The zero-order chi connectivity index (χ0) is 15.3. The van der Waals surface area contributed by atoms with E-state index < -0.39 is 9.84 Å². The monoisotopic (exact) mass is 311 g/mol. The van der Waals surface area contributed by atoms with Crippen LogP contribution in [0.4, 0.5) is 0 Å². The molecule has 1 saturated heterocycles. The molecular weight excluding hydrogens is 286 g/mol. The summed E-state index contributed by atoms with van der Waals surface area (Å²) >= 11 is 0. The molecule has 2 rings (SSSR count). The minimum Gasteiger partial charge on any atom is -0.373 e. The van der Waals surface area contributed by atoms with Crippen LogP contribution in [-0.2, 0) is 14.6 Å². The van der Waals surface area contributed by atoms with Gasteiger partial charge in [0.25, 0.3) is 0 Å². The predicted molar refractivity (Wildman–Crippen MR) is 85.0 cm³/mol. The Bertz CT molecular complexity index is 530. The fraction of sp³-hybridized carbons (Fsp3) is 0.625. The zero-order valence-corrected chi connectivity index (χ0v) is 13.6. The van der Waals surface area contributed by atoms with Crippen LogP contribution in [0.1, 0.15) is 31.9 Å². The molecule has 3 atom stereocenters. The van der Waals surface area contributed by atoms with Crippen LogP contribution in [-0.4, -0.2) is 39.1 Å². The van der Waals surface area contributed by atoms with Crippen molar-refractivity contribution in [2.45, 2.75) is 32.4 Å². The Morgan fingerprint density at radius 3 is 2.71 bits per heavy atom. The predicted octanol–water partition coefficient (Wildman–Crippen LogP) is 2.18. The quantitative estimate of drug-likeness (QED) is 0.838. The molecule has 1 aromatic carbocycles. The van der Waals surface area contributed by atoms with Gasteiger partial charge >= 0.3 is 0 Å². The van der Waals surface area contributed by atoms with Gasteiger partial charge in [0.15, 0.2) is 9.84 Å². The Morgan fingerprint density at radius 2 is 2.05 bits per heavy atom. The van der Waals surface area contributed by atoms with Crippen molar-refractivity contribution in [2.24, 2.45) is 5.92 Å². The highest BCUT2D eigenvalue weighted by atomic mass is 32.2. The first kappa shape index (κ1) is 16.5. The van der Waals surface area contributed by atoms with Gasteiger partial charge < -0.3 is 10.1 Å². The molecule has 0 bridgehead atoms. The fourth-order valence-corrected chi connectivity index (χ4v) is 3.88. The highest BCUT2D eigenvalue weighted by molar-refractivity contribution is 7.91. The number of hydrogen-bond acceptors (Lipinski definition) is 4. The molecule has 0 saturated carbocycles. The van der Waals surface area contributed by atoms with Gasteiger partial charge in [-0.2, -0.15) is 0 Å². The van der Waals surface area contributed by atoms with Crippen molar-refractivity contribution in [1.82, 2.24) is 5.32 Å². The first-order chi connectivity index (χ1) is 10.0. The summed E-state index contributed by atoms with van der Waals surface area (Å²) in [6.07, 6.45) is 1.13. The first-order valence-corrected chi connectivity index (χ1v) is 9.44. The summed E-state index contributed by atoms with van der Waals surface area (Å²) in [5, 5.41) is 3.36. The number of sulfone groups is 1. The van der Waals surface area contributed by atoms with Gasteiger partial charge in [-0.15, -0.1) is 0 Å². The molecule has 1 aromatic rings. The molecule has 0 unspecified atom stereocenters. The topological polar surface area (TPSA) is 55.4 Å². The average Bonchev–Trinajstić information content (AvgIpc) is 2.94. The lowest BCUT2D eigenvalue weighted by molar-refractivity contribution is 0.0901. The third-order valence-corrected chi connectivity index (χ3v) is 5.90. The molecule has 5 heteroatoms. The van der Waals surface area contributed by atoms with E-state index in [9.17, 15) is 8.42 Å². The summed E-state index contributed by atoms with van der Waals surface area (Å²) < 4.78 is 29.1. The molecule has 0 aliphatic carbocycles. The molecule has 0 radical (unpaired) electrons. The lowest BCUT2D eigenvalue weighted by Crippen LogP contribution is -2.37. The van der Waals surface area contributed by atoms with E-state index >= 15 is 0 Å². The highest BCUT2D eigenvalue weighted by Crippen LogP contribution is 2.33. The molecule has 1 fully saturated rings. The maximum Gasteiger partial charge on any atom is 0.151 e. The molecular formula is C16H25NO3S. The molecule has 4 nitrogen and oxygen atoms in total. The van der Waals surface area contributed by atoms with Crippen molar-refractivity contribution in [3.63, 3.8) is 0 Å². The van der Waals surface area contributed by atoms with E-state index in [4.69, 9.17) is 4.74 Å². The molecule has 1 aliphatic heterocycles. The van der Waals surface area contributed by atoms with E-state index in [1.54, 1.807) is 6.92 Å². The van der Waals surface area contributed by atoms with Crippen LogP contribution in [0.2, 0.25) is 0 Å². The van der Waals surface area contributed by atoms with Gasteiger partial charge in [0.2, 0.25) is 0 Å². The molecule has 21 heavy (non-hydrogen) atoms. The van der Waals surface area contributed by atoms with Crippen molar-refractivity contribution in [1.29, 1.82) is 0 Å². The molecule has 0 aromatic heterocycles. The fourth-order valence-electron chi connectivity index (χ4n) is 2.76. The third kappa shape index (κ3) is 4.80. The van der Waals surface area contributed by atoms with Crippen LogP contribution in [0.3, 0.4) is 0 Å². The van der Waals surface area contributed by atoms with Gasteiger partial charge in [0, 0.05) is 30.9 Å². The van der Waals surface area contributed by atoms with E-state index in [1.165, 1.54) is 5.56 Å². The van der Waals surface area contributed by atoms with Crippen molar-refractivity contribution in [2.75, 3.05) is 24.7 Å². The summed E-state index contributed by atoms with van der Waals surface area (Å²) in [6, 6.07) is 10.2. The van der Waals surface area contributed by atoms with Crippen LogP contribution in [0.15, 0.2) is 30.3 Å². The summed E-state index contributed by atoms with van der Waals surface area (Å²) in [5.41, 5.74) is 1.20. The highest BCUT2D eigenvalue weighted by Gasteiger charge is 2.29. The van der Waals surface area contributed by atoms with Gasteiger partial charge in [-0.05, 0) is 18.9 Å². The first-order valence-electron chi connectivity index (χ1n) is 7.62. The summed E-state index contributed by atoms with van der Waals surface area (Å²) in [5.74, 6) is 0.810. The van der Waals surface area contributed by atoms with Gasteiger partial charge in [-0.3, -0.25) is 0 Å². The smallest absolute Gasteiger partial charge is 0.151 e. The minimum atomic E-state index is -2.92. The number of hydrogen-bond donors (Lipinski definition) is 1. The second kappa shape index (κ2) is 7.38. The van der Waals surface area contributed by atoms with Crippen molar-refractivity contribution in [3.8, 4) is 0 Å². The maximum absolute atomic E-state index is 11.6. The van der Waals surface area contributed by atoms with Crippen molar-refractivity contribution in [3.05, 3.63) is 35.9 Å². The molecule has 0 spiro atoms. The summed E-state index contributed by atoms with van der Waals surface area (Å²) in [7, 11) is -2.92. The van der Waals surface area contributed by atoms with Crippen LogP contribution in [0.25, 0.3) is 0 Å². The lowest BCUT2D eigenvalue weighted by Gasteiger charge is -2.22. The van der Waals surface area contributed by atoms with E-state index in [2.05, 4.69) is 17.4 Å². The van der Waals surface area contributed by atoms with Gasteiger partial charge in [0.1, 0.15) is 0 Å². The largest absolute Gasteiger partial charge is 0.373 e. The molecule has 1 N–H and O–H groups in total. The van der Waals surface area contributed by atoms with Gasteiger partial charge in [0.05, 0.1) is 11.9 Å². The molecule has 1 heterocycles. The van der Waals surface area contributed by atoms with Crippen LogP contribution >= 0.6 is 0 Å². The van der Waals surface area contributed by atoms with E-state index in [0.29, 0.717) is 5.92 Å². The Balaban J connectivity index is 1.88. The maximum atomic E-state index is 11.6. The van der Waals surface area contributed by atoms with Gasteiger partial charge in [-0.25, -0.2) is 8.42 Å². The van der Waals surface area contributed by atoms with Crippen LogP contribution < -0.4 is 5.32 Å². The zero-order valence-electron chi connectivity index (χ0n) is 12.8. The second-order valence-corrected chi connectivity index (χ2v) is 8.16. The molecule has 0 amide bonds. The standard InChI is InChI=1S/C16H25NO3S/c1-3-21(18,19)12-13(2)17-11-15-9-10-20-16(15)14-7-5-4-6-8-14/h4-8,13,15-17H,3,9-12H2,1-2H3/t13-,15+,16+/m0/s1. The van der Waals surface area contributed by atoms with Crippen LogP contribution in [0.5, 0.6) is 0 Å². The van der Waals surface area contributed by atoms with Crippen molar-refractivity contribution < 1.29 is 13.2 Å². The number of benzene rings is 1.